The Bertz CT molecular complexity index is 486. The number of carbonyl (C=O) groups excluding carboxylic acids is 1. The number of rotatable bonds is 1. The van der Waals surface area contributed by atoms with Crippen LogP contribution in [-0.2, 0) is 7.05 Å². The zero-order chi connectivity index (χ0) is 12.4. The normalized spacial score (nSPS) is 19.2. The van der Waals surface area contributed by atoms with Gasteiger partial charge in [0.15, 0.2) is 0 Å². The monoisotopic (exact) mass is 271 g/mol. The molecular formula is C12H18ClN3O2. The Balaban J connectivity index is 0.00000162. The number of halogens is 1. The first-order valence-electron chi connectivity index (χ1n) is 5.77. The Hall–Kier alpha value is -1.33. The summed E-state index contributed by atoms with van der Waals surface area (Å²) in [7, 11) is 1.67. The summed E-state index contributed by atoms with van der Waals surface area (Å²) in [5.41, 5.74) is 0.321. The van der Waals surface area contributed by atoms with Gasteiger partial charge in [0.25, 0.3) is 11.5 Å². The fraction of sp³-hybridized carbons (Fsp3) is 0.500. The van der Waals surface area contributed by atoms with Gasteiger partial charge >= 0.3 is 0 Å². The van der Waals surface area contributed by atoms with Gasteiger partial charge in [-0.25, -0.2) is 0 Å². The Morgan fingerprint density at radius 3 is 2.83 bits per heavy atom. The van der Waals surface area contributed by atoms with E-state index in [4.69, 9.17) is 0 Å². The maximum absolute atomic E-state index is 12.2. The van der Waals surface area contributed by atoms with Crippen molar-refractivity contribution in [2.75, 3.05) is 19.6 Å². The molecule has 2 heterocycles. The Kier molecular flexibility index (Phi) is 4.93. The number of pyridine rings is 1. The summed E-state index contributed by atoms with van der Waals surface area (Å²) < 4.78 is 1.46. The third kappa shape index (κ3) is 3.11. The van der Waals surface area contributed by atoms with Gasteiger partial charge < -0.3 is 14.8 Å². The molecule has 0 radical (unpaired) electrons. The highest BCUT2D eigenvalue weighted by molar-refractivity contribution is 5.94. The summed E-state index contributed by atoms with van der Waals surface area (Å²) in [6, 6.07) is 3.39. The zero-order valence-corrected chi connectivity index (χ0v) is 11.4. The molecular weight excluding hydrogens is 254 g/mol. The third-order valence-electron chi connectivity index (χ3n) is 3.01. The van der Waals surface area contributed by atoms with Crippen molar-refractivity contribution in [3.8, 4) is 0 Å². The van der Waals surface area contributed by atoms with Crippen molar-refractivity contribution in [3.63, 3.8) is 0 Å². The van der Waals surface area contributed by atoms with Crippen molar-refractivity contribution in [2.24, 2.45) is 7.05 Å². The van der Waals surface area contributed by atoms with Crippen LogP contribution in [0.2, 0.25) is 0 Å². The van der Waals surface area contributed by atoms with Crippen LogP contribution in [0.15, 0.2) is 23.1 Å². The molecule has 5 nitrogen and oxygen atoms in total. The number of aromatic nitrogens is 1. The minimum atomic E-state index is -0.154. The first kappa shape index (κ1) is 14.7. The van der Waals surface area contributed by atoms with Crippen LogP contribution in [0.3, 0.4) is 0 Å². The van der Waals surface area contributed by atoms with E-state index in [0.717, 1.165) is 6.54 Å². The fourth-order valence-electron chi connectivity index (χ4n) is 1.98. The molecule has 1 aromatic heterocycles. The number of amides is 1. The van der Waals surface area contributed by atoms with Crippen LogP contribution in [0.1, 0.15) is 17.3 Å². The molecule has 6 heteroatoms. The predicted octanol–water partition coefficient (Wildman–Crippen LogP) is 0.241. The highest BCUT2D eigenvalue weighted by Crippen LogP contribution is 2.05. The van der Waals surface area contributed by atoms with E-state index in [-0.39, 0.29) is 23.9 Å². The highest BCUT2D eigenvalue weighted by Gasteiger charge is 2.21. The van der Waals surface area contributed by atoms with Crippen molar-refractivity contribution < 1.29 is 4.79 Å². The van der Waals surface area contributed by atoms with Crippen LogP contribution >= 0.6 is 12.4 Å². The number of hydrogen-bond acceptors (Lipinski definition) is 3. The smallest absolute Gasteiger partial charge is 0.254 e. The Morgan fingerprint density at radius 1 is 1.50 bits per heavy atom. The number of aryl methyl sites for hydroxylation is 1. The number of nitrogens with zero attached hydrogens (tertiary/aromatic N) is 2. The van der Waals surface area contributed by atoms with Crippen LogP contribution in [0.5, 0.6) is 0 Å². The third-order valence-corrected chi connectivity index (χ3v) is 3.01. The number of hydrogen-bond donors (Lipinski definition) is 1. The summed E-state index contributed by atoms with van der Waals surface area (Å²) >= 11 is 0. The lowest BCUT2D eigenvalue weighted by Gasteiger charge is -2.31. The van der Waals surface area contributed by atoms with Gasteiger partial charge in [-0.1, -0.05) is 0 Å². The van der Waals surface area contributed by atoms with Crippen molar-refractivity contribution in [1.29, 1.82) is 0 Å². The SMILES string of the molecule is CC1CN(C(=O)c2ccn(C)c(=O)c2)CCN1.Cl. The first-order chi connectivity index (χ1) is 8.08. The lowest BCUT2D eigenvalue weighted by molar-refractivity contribution is 0.0709. The van der Waals surface area contributed by atoms with Gasteiger partial charge in [0.1, 0.15) is 0 Å². The number of carbonyl (C=O) groups is 1. The average molecular weight is 272 g/mol. The minimum absolute atomic E-state index is 0. The maximum atomic E-state index is 12.2. The summed E-state index contributed by atoms with van der Waals surface area (Å²) in [6.45, 7) is 4.23. The molecule has 0 bridgehead atoms. The van der Waals surface area contributed by atoms with Crippen LogP contribution < -0.4 is 10.9 Å². The van der Waals surface area contributed by atoms with Gasteiger partial charge in [-0.3, -0.25) is 9.59 Å². The summed E-state index contributed by atoms with van der Waals surface area (Å²) in [4.78, 5) is 25.4. The molecule has 0 aliphatic carbocycles. The molecule has 100 valence electrons. The van der Waals surface area contributed by atoms with Gasteiger partial charge in [-0.05, 0) is 13.0 Å². The van der Waals surface area contributed by atoms with Gasteiger partial charge in [-0.15, -0.1) is 12.4 Å². The molecule has 1 atom stereocenters. The largest absolute Gasteiger partial charge is 0.336 e. The van der Waals surface area contributed by atoms with E-state index in [1.807, 2.05) is 6.92 Å². The second-order valence-corrected chi connectivity index (χ2v) is 4.47. The lowest BCUT2D eigenvalue weighted by atomic mass is 10.2. The van der Waals surface area contributed by atoms with Crippen LogP contribution in [0, 0.1) is 0 Å². The van der Waals surface area contributed by atoms with E-state index in [9.17, 15) is 9.59 Å². The maximum Gasteiger partial charge on any atom is 0.254 e. The molecule has 0 saturated carbocycles. The molecule has 1 N–H and O–H groups in total. The number of nitrogens with one attached hydrogen (secondary N) is 1. The van der Waals surface area contributed by atoms with E-state index in [1.165, 1.54) is 10.6 Å². The molecule has 2 rings (SSSR count). The minimum Gasteiger partial charge on any atom is -0.336 e. The van der Waals surface area contributed by atoms with E-state index >= 15 is 0 Å². The highest BCUT2D eigenvalue weighted by atomic mass is 35.5. The molecule has 1 saturated heterocycles. The topological polar surface area (TPSA) is 54.3 Å². The molecule has 1 aromatic rings. The van der Waals surface area contributed by atoms with Gasteiger partial charge in [0.05, 0.1) is 0 Å². The van der Waals surface area contributed by atoms with Crippen molar-refractivity contribution in [2.45, 2.75) is 13.0 Å². The zero-order valence-electron chi connectivity index (χ0n) is 10.5. The standard InChI is InChI=1S/C12H17N3O2.ClH/c1-9-8-15(6-4-13-9)12(17)10-3-5-14(2)11(16)7-10;/h3,5,7,9,13H,4,6,8H2,1-2H3;1H. The molecule has 1 amide bonds. The van der Waals surface area contributed by atoms with Crippen LogP contribution in [0.4, 0.5) is 0 Å². The molecule has 0 spiro atoms. The van der Waals surface area contributed by atoms with Crippen molar-refractivity contribution in [3.05, 3.63) is 34.2 Å². The van der Waals surface area contributed by atoms with Gasteiger partial charge in [0, 0.05) is 50.6 Å². The van der Waals surface area contributed by atoms with Gasteiger partial charge in [0.2, 0.25) is 0 Å². The number of piperazine rings is 1. The summed E-state index contributed by atoms with van der Waals surface area (Å²) in [5.74, 6) is -0.0592. The molecule has 18 heavy (non-hydrogen) atoms. The lowest BCUT2D eigenvalue weighted by Crippen LogP contribution is -2.51. The average Bonchev–Trinajstić information content (AvgIpc) is 2.32. The van der Waals surface area contributed by atoms with Crippen LogP contribution in [-0.4, -0.2) is 41.1 Å². The first-order valence-corrected chi connectivity index (χ1v) is 5.77. The summed E-state index contributed by atoms with van der Waals surface area (Å²) in [6.07, 6.45) is 1.63. The van der Waals surface area contributed by atoms with Crippen molar-refractivity contribution in [1.82, 2.24) is 14.8 Å². The molecule has 0 aromatic carbocycles. The van der Waals surface area contributed by atoms with E-state index < -0.39 is 0 Å². The molecule has 1 aliphatic heterocycles. The Labute approximate surface area is 112 Å². The molecule has 1 unspecified atom stereocenters. The predicted molar refractivity (Wildman–Crippen MR) is 72.3 cm³/mol. The fourth-order valence-corrected chi connectivity index (χ4v) is 1.98. The molecule has 1 aliphatic rings. The second kappa shape index (κ2) is 6.02. The second-order valence-electron chi connectivity index (χ2n) is 4.47. The van der Waals surface area contributed by atoms with Crippen molar-refractivity contribution >= 4 is 18.3 Å². The van der Waals surface area contributed by atoms with Crippen LogP contribution in [0.25, 0.3) is 0 Å². The summed E-state index contributed by atoms with van der Waals surface area (Å²) in [5, 5.41) is 3.28. The van der Waals surface area contributed by atoms with E-state index in [1.54, 1.807) is 24.2 Å². The Morgan fingerprint density at radius 2 is 2.22 bits per heavy atom. The molecule has 1 fully saturated rings. The quantitative estimate of drug-likeness (QED) is 0.796. The van der Waals surface area contributed by atoms with E-state index in [0.29, 0.717) is 24.7 Å². The van der Waals surface area contributed by atoms with E-state index in [2.05, 4.69) is 5.32 Å². The van der Waals surface area contributed by atoms with Gasteiger partial charge in [-0.2, -0.15) is 0 Å².